The molecule has 0 aliphatic heterocycles. The molecule has 0 bridgehead atoms. The van der Waals surface area contributed by atoms with Gasteiger partial charge in [0.1, 0.15) is 5.82 Å². The summed E-state index contributed by atoms with van der Waals surface area (Å²) in [6.45, 7) is 1.69. The molecule has 0 radical (unpaired) electrons. The van der Waals surface area contributed by atoms with Crippen LogP contribution in [-0.4, -0.2) is 10.1 Å². The fourth-order valence-electron chi connectivity index (χ4n) is 1.05. The Morgan fingerprint density at radius 2 is 2.21 bits per heavy atom. The number of aromatic nitrogens is 2. The summed E-state index contributed by atoms with van der Waals surface area (Å²) in [4.78, 5) is 3.99. The van der Waals surface area contributed by atoms with E-state index >= 15 is 0 Å². The lowest BCUT2D eigenvalue weighted by molar-refractivity contribution is 0.394. The van der Waals surface area contributed by atoms with Crippen LogP contribution in [0.1, 0.15) is 5.89 Å². The number of halogens is 2. The van der Waals surface area contributed by atoms with Crippen LogP contribution in [0.5, 0.6) is 0 Å². The first-order chi connectivity index (χ1) is 6.66. The third-order valence-corrected chi connectivity index (χ3v) is 2.35. The fourth-order valence-corrected chi connectivity index (χ4v) is 1.30. The molecule has 0 saturated heterocycles. The van der Waals surface area contributed by atoms with Gasteiger partial charge < -0.3 is 4.52 Å². The monoisotopic (exact) mass is 256 g/mol. The van der Waals surface area contributed by atoms with Crippen LogP contribution in [0.15, 0.2) is 27.2 Å². The van der Waals surface area contributed by atoms with Crippen molar-refractivity contribution in [1.82, 2.24) is 10.1 Å². The van der Waals surface area contributed by atoms with E-state index in [-0.39, 0.29) is 5.82 Å². The maximum absolute atomic E-state index is 13.1. The molecular formula is C9H6BrFN2O. The van der Waals surface area contributed by atoms with Gasteiger partial charge in [-0.1, -0.05) is 5.16 Å². The first-order valence-corrected chi connectivity index (χ1v) is 4.72. The molecule has 0 spiro atoms. The number of nitrogens with zero attached hydrogens (tertiary/aromatic N) is 2. The molecule has 0 aliphatic carbocycles. The Bertz CT molecular complexity index is 470. The van der Waals surface area contributed by atoms with Gasteiger partial charge in [-0.2, -0.15) is 4.98 Å². The van der Waals surface area contributed by atoms with Gasteiger partial charge in [-0.3, -0.25) is 0 Å². The van der Waals surface area contributed by atoms with E-state index in [0.29, 0.717) is 21.8 Å². The summed E-state index contributed by atoms with van der Waals surface area (Å²) >= 11 is 3.07. The Kier molecular flexibility index (Phi) is 2.33. The van der Waals surface area contributed by atoms with Crippen molar-refractivity contribution >= 4 is 15.9 Å². The van der Waals surface area contributed by atoms with Crippen LogP contribution in [-0.2, 0) is 0 Å². The minimum atomic E-state index is -0.343. The van der Waals surface area contributed by atoms with Crippen molar-refractivity contribution < 1.29 is 8.91 Å². The van der Waals surface area contributed by atoms with Crippen LogP contribution in [0.3, 0.4) is 0 Å². The standard InChI is InChI=1S/C9H6BrFN2O/c1-5-12-9(13-14-5)6-2-3-7(10)8(11)4-6/h2-4H,1H3. The molecule has 14 heavy (non-hydrogen) atoms. The fraction of sp³-hybridized carbons (Fsp3) is 0.111. The summed E-state index contributed by atoms with van der Waals surface area (Å²) in [5.41, 5.74) is 0.600. The van der Waals surface area contributed by atoms with Crippen molar-refractivity contribution in [1.29, 1.82) is 0 Å². The molecule has 2 rings (SSSR count). The molecular weight excluding hydrogens is 251 g/mol. The van der Waals surface area contributed by atoms with Crippen LogP contribution in [0.4, 0.5) is 4.39 Å². The largest absolute Gasteiger partial charge is 0.339 e. The highest BCUT2D eigenvalue weighted by Crippen LogP contribution is 2.22. The first kappa shape index (κ1) is 9.33. The number of hydrogen-bond donors (Lipinski definition) is 0. The van der Waals surface area contributed by atoms with E-state index in [4.69, 9.17) is 4.52 Å². The molecule has 0 fully saturated rings. The molecule has 1 heterocycles. The zero-order valence-corrected chi connectivity index (χ0v) is 8.88. The van der Waals surface area contributed by atoms with Gasteiger partial charge >= 0.3 is 0 Å². The lowest BCUT2D eigenvalue weighted by Gasteiger charge is -1.96. The Hall–Kier alpha value is -1.23. The van der Waals surface area contributed by atoms with E-state index in [1.807, 2.05) is 0 Å². The van der Waals surface area contributed by atoms with Crippen LogP contribution < -0.4 is 0 Å². The van der Waals surface area contributed by atoms with Gasteiger partial charge in [0.2, 0.25) is 11.7 Å². The third kappa shape index (κ3) is 1.68. The zero-order valence-electron chi connectivity index (χ0n) is 7.29. The molecule has 0 amide bonds. The number of aryl methyl sites for hydroxylation is 1. The molecule has 3 nitrogen and oxygen atoms in total. The van der Waals surface area contributed by atoms with Crippen molar-refractivity contribution in [2.24, 2.45) is 0 Å². The Labute approximate surface area is 88.1 Å². The van der Waals surface area contributed by atoms with Crippen molar-refractivity contribution in [2.45, 2.75) is 6.92 Å². The van der Waals surface area contributed by atoms with E-state index in [1.54, 1.807) is 19.1 Å². The average Bonchev–Trinajstić information content (AvgIpc) is 2.57. The molecule has 0 unspecified atom stereocenters. The second-order valence-electron chi connectivity index (χ2n) is 2.77. The van der Waals surface area contributed by atoms with Crippen molar-refractivity contribution in [2.75, 3.05) is 0 Å². The van der Waals surface area contributed by atoms with Gasteiger partial charge in [-0.15, -0.1) is 0 Å². The van der Waals surface area contributed by atoms with Gasteiger partial charge in [-0.25, -0.2) is 4.39 Å². The molecule has 72 valence electrons. The number of benzene rings is 1. The van der Waals surface area contributed by atoms with Crippen molar-refractivity contribution in [3.05, 3.63) is 34.4 Å². The third-order valence-electron chi connectivity index (χ3n) is 1.71. The second kappa shape index (κ2) is 3.49. The molecule has 0 aliphatic rings. The lowest BCUT2D eigenvalue weighted by Crippen LogP contribution is -1.83. The van der Waals surface area contributed by atoms with E-state index in [9.17, 15) is 4.39 Å². The summed E-state index contributed by atoms with van der Waals surface area (Å²) in [5.74, 6) is 0.516. The van der Waals surface area contributed by atoms with Crippen molar-refractivity contribution in [3.8, 4) is 11.4 Å². The quantitative estimate of drug-likeness (QED) is 0.788. The number of rotatable bonds is 1. The second-order valence-corrected chi connectivity index (χ2v) is 3.62. The highest BCUT2D eigenvalue weighted by atomic mass is 79.9. The van der Waals surface area contributed by atoms with Crippen LogP contribution >= 0.6 is 15.9 Å². The molecule has 1 aromatic heterocycles. The van der Waals surface area contributed by atoms with Gasteiger partial charge in [0, 0.05) is 12.5 Å². The highest BCUT2D eigenvalue weighted by molar-refractivity contribution is 9.10. The summed E-state index contributed by atoms with van der Waals surface area (Å²) < 4.78 is 18.4. The maximum atomic E-state index is 13.1. The average molecular weight is 257 g/mol. The Morgan fingerprint density at radius 3 is 2.79 bits per heavy atom. The minimum absolute atomic E-state index is 0.343. The van der Waals surface area contributed by atoms with Crippen LogP contribution in [0.25, 0.3) is 11.4 Å². The van der Waals surface area contributed by atoms with E-state index in [0.717, 1.165) is 0 Å². The normalized spacial score (nSPS) is 10.5. The van der Waals surface area contributed by atoms with Crippen molar-refractivity contribution in [3.63, 3.8) is 0 Å². The van der Waals surface area contributed by atoms with Crippen LogP contribution in [0.2, 0.25) is 0 Å². The van der Waals surface area contributed by atoms with Crippen LogP contribution in [0, 0.1) is 12.7 Å². The molecule has 0 atom stereocenters. The number of hydrogen-bond acceptors (Lipinski definition) is 3. The molecule has 0 saturated carbocycles. The minimum Gasteiger partial charge on any atom is -0.339 e. The SMILES string of the molecule is Cc1nc(-c2ccc(Br)c(F)c2)no1. The van der Waals surface area contributed by atoms with Gasteiger partial charge in [-0.05, 0) is 34.1 Å². The smallest absolute Gasteiger partial charge is 0.223 e. The highest BCUT2D eigenvalue weighted by Gasteiger charge is 2.07. The van der Waals surface area contributed by atoms with Gasteiger partial charge in [0.05, 0.1) is 4.47 Å². The molecule has 2 aromatic rings. The molecule has 0 N–H and O–H groups in total. The predicted molar refractivity (Wildman–Crippen MR) is 52.1 cm³/mol. The topological polar surface area (TPSA) is 38.9 Å². The summed E-state index contributed by atoms with van der Waals surface area (Å²) in [6, 6.07) is 4.68. The molecule has 5 heteroatoms. The zero-order chi connectivity index (χ0) is 10.1. The molecule has 1 aromatic carbocycles. The Morgan fingerprint density at radius 1 is 1.43 bits per heavy atom. The first-order valence-electron chi connectivity index (χ1n) is 3.92. The van der Waals surface area contributed by atoms with Gasteiger partial charge in [0.25, 0.3) is 0 Å². The van der Waals surface area contributed by atoms with E-state index < -0.39 is 0 Å². The van der Waals surface area contributed by atoms with E-state index in [2.05, 4.69) is 26.1 Å². The lowest BCUT2D eigenvalue weighted by atomic mass is 10.2. The predicted octanol–water partition coefficient (Wildman–Crippen LogP) is 2.95. The maximum Gasteiger partial charge on any atom is 0.223 e. The summed E-state index contributed by atoms with van der Waals surface area (Å²) in [6.07, 6.45) is 0. The van der Waals surface area contributed by atoms with Gasteiger partial charge in [0.15, 0.2) is 0 Å². The van der Waals surface area contributed by atoms with E-state index in [1.165, 1.54) is 6.07 Å². The summed E-state index contributed by atoms with van der Waals surface area (Å²) in [7, 11) is 0. The summed E-state index contributed by atoms with van der Waals surface area (Å²) in [5, 5.41) is 3.69. The Balaban J connectivity index is 2.47.